The first-order chi connectivity index (χ1) is 14.7. The van der Waals surface area contributed by atoms with Crippen molar-refractivity contribution in [1.29, 1.82) is 0 Å². The van der Waals surface area contributed by atoms with E-state index in [1.165, 1.54) is 19.3 Å². The summed E-state index contributed by atoms with van der Waals surface area (Å²) >= 11 is 0. The number of hydrogen-bond donors (Lipinski definition) is 3. The molecule has 3 saturated carbocycles. The van der Waals surface area contributed by atoms with E-state index in [1.807, 2.05) is 0 Å². The van der Waals surface area contributed by atoms with Gasteiger partial charge in [0.2, 0.25) is 5.91 Å². The molecule has 6 nitrogen and oxygen atoms in total. The van der Waals surface area contributed by atoms with E-state index in [4.69, 9.17) is 5.11 Å². The predicted octanol–water partition coefficient (Wildman–Crippen LogP) is 3.30. The van der Waals surface area contributed by atoms with Crippen molar-refractivity contribution < 1.29 is 24.9 Å². The van der Waals surface area contributed by atoms with E-state index in [-0.39, 0.29) is 29.3 Å². The summed E-state index contributed by atoms with van der Waals surface area (Å²) in [5, 5.41) is 29.5. The molecule has 3 aliphatic carbocycles. The van der Waals surface area contributed by atoms with Crippen LogP contribution in [0.25, 0.3) is 0 Å². The lowest BCUT2D eigenvalue weighted by Crippen LogP contribution is -2.61. The van der Waals surface area contributed by atoms with Gasteiger partial charge in [-0.3, -0.25) is 9.59 Å². The number of piperidine rings is 1. The van der Waals surface area contributed by atoms with Gasteiger partial charge in [0.1, 0.15) is 6.61 Å². The highest BCUT2D eigenvalue weighted by atomic mass is 16.4. The minimum atomic E-state index is -0.698. The van der Waals surface area contributed by atoms with E-state index >= 15 is 0 Å². The Balaban J connectivity index is 1.47. The van der Waals surface area contributed by atoms with Crippen LogP contribution in [0.2, 0.25) is 0 Å². The predicted molar refractivity (Wildman–Crippen MR) is 117 cm³/mol. The van der Waals surface area contributed by atoms with Crippen molar-refractivity contribution in [2.75, 3.05) is 19.7 Å². The normalized spacial score (nSPS) is 44.3. The average molecular weight is 436 g/mol. The van der Waals surface area contributed by atoms with E-state index in [1.54, 1.807) is 4.90 Å². The molecule has 0 radical (unpaired) electrons. The fraction of sp³-hybridized carbons (Fsp3) is 0.920. The van der Waals surface area contributed by atoms with Gasteiger partial charge in [0.05, 0.1) is 6.10 Å². The number of aliphatic carboxylic acids is 1. The van der Waals surface area contributed by atoms with Crippen molar-refractivity contribution in [1.82, 2.24) is 4.90 Å². The molecule has 176 valence electrons. The summed E-state index contributed by atoms with van der Waals surface area (Å²) in [5.41, 5.74) is 0.430. The smallest absolute Gasteiger partial charge is 0.303 e. The molecule has 1 aliphatic heterocycles. The molecule has 4 fully saturated rings. The number of amides is 1. The van der Waals surface area contributed by atoms with Crippen LogP contribution < -0.4 is 0 Å². The fourth-order valence-electron chi connectivity index (χ4n) is 8.50. The van der Waals surface area contributed by atoms with Crippen LogP contribution in [-0.4, -0.2) is 57.9 Å². The van der Waals surface area contributed by atoms with Crippen LogP contribution in [0.5, 0.6) is 0 Å². The van der Waals surface area contributed by atoms with Crippen molar-refractivity contribution in [3.63, 3.8) is 0 Å². The molecule has 0 aromatic rings. The zero-order chi connectivity index (χ0) is 22.4. The molecule has 0 aromatic heterocycles. The van der Waals surface area contributed by atoms with Crippen molar-refractivity contribution >= 4 is 11.9 Å². The quantitative estimate of drug-likeness (QED) is 0.556. The van der Waals surface area contributed by atoms with Crippen LogP contribution in [0.4, 0.5) is 0 Å². The van der Waals surface area contributed by atoms with Gasteiger partial charge in [0.25, 0.3) is 0 Å². The molecule has 4 rings (SSSR count). The first kappa shape index (κ1) is 23.0. The van der Waals surface area contributed by atoms with Gasteiger partial charge in [0, 0.05) is 19.5 Å². The summed E-state index contributed by atoms with van der Waals surface area (Å²) < 4.78 is 0. The molecule has 4 aliphatic rings. The van der Waals surface area contributed by atoms with E-state index in [0.717, 1.165) is 45.1 Å². The molecule has 0 spiro atoms. The van der Waals surface area contributed by atoms with E-state index in [0.29, 0.717) is 36.1 Å². The number of nitrogens with zero attached hydrogens (tertiary/aromatic N) is 1. The maximum absolute atomic E-state index is 12.1. The van der Waals surface area contributed by atoms with Gasteiger partial charge in [-0.1, -0.05) is 20.3 Å². The lowest BCUT2D eigenvalue weighted by atomic mass is 9.45. The van der Waals surface area contributed by atoms with Gasteiger partial charge in [-0.15, -0.1) is 0 Å². The van der Waals surface area contributed by atoms with Crippen LogP contribution in [0.15, 0.2) is 0 Å². The number of carbonyl (C=O) groups excluding carboxylic acids is 1. The molecule has 8 atom stereocenters. The molecule has 1 heterocycles. The number of carboxylic acids is 1. The van der Waals surface area contributed by atoms with Crippen LogP contribution in [0.3, 0.4) is 0 Å². The van der Waals surface area contributed by atoms with Crippen molar-refractivity contribution in [2.24, 2.45) is 40.4 Å². The standard InChI is InChI=1S/C25H41NO5/c1-24-10-9-19-23(18(24)8-7-16(24)5-3-4-6-22(30)31)20(28)13-17-14-26(21(29)15-27)12-11-25(17,19)2/h16-20,23,27-28H,3-15H2,1-2H3,(H,30,31). The fourth-order valence-corrected chi connectivity index (χ4v) is 8.50. The summed E-state index contributed by atoms with van der Waals surface area (Å²) in [6.07, 6.45) is 9.34. The Bertz CT molecular complexity index is 697. The summed E-state index contributed by atoms with van der Waals surface area (Å²) in [5.74, 6) is 1.49. The molecule has 8 unspecified atom stereocenters. The largest absolute Gasteiger partial charge is 0.481 e. The zero-order valence-electron chi connectivity index (χ0n) is 19.3. The second kappa shape index (κ2) is 8.66. The van der Waals surface area contributed by atoms with Crippen LogP contribution in [-0.2, 0) is 9.59 Å². The Morgan fingerprint density at radius 1 is 1.03 bits per heavy atom. The number of aliphatic hydroxyl groups excluding tert-OH is 2. The zero-order valence-corrected chi connectivity index (χ0v) is 19.3. The van der Waals surface area contributed by atoms with Gasteiger partial charge in [-0.25, -0.2) is 0 Å². The SMILES string of the molecule is CC12CCC3C(C(O)CC4CN(C(=O)CO)CCC43C)C1CCC2CCCCC(=O)O. The first-order valence-corrected chi connectivity index (χ1v) is 12.5. The number of aliphatic hydroxyl groups is 2. The summed E-state index contributed by atoms with van der Waals surface area (Å²) in [4.78, 5) is 24.7. The number of rotatable bonds is 6. The number of carboxylic acid groups (broad SMARTS) is 1. The Kier molecular flexibility index (Phi) is 6.43. The maximum Gasteiger partial charge on any atom is 0.303 e. The molecule has 0 bridgehead atoms. The van der Waals surface area contributed by atoms with Gasteiger partial charge >= 0.3 is 5.97 Å². The van der Waals surface area contributed by atoms with Crippen LogP contribution in [0.1, 0.15) is 78.1 Å². The molecule has 6 heteroatoms. The maximum atomic E-state index is 12.1. The van der Waals surface area contributed by atoms with Gasteiger partial charge in [-0.05, 0) is 91.8 Å². The van der Waals surface area contributed by atoms with Crippen molar-refractivity contribution in [3.8, 4) is 0 Å². The summed E-state index contributed by atoms with van der Waals surface area (Å²) in [6, 6.07) is 0. The third kappa shape index (κ3) is 3.92. The second-order valence-corrected chi connectivity index (χ2v) is 11.5. The third-order valence-electron chi connectivity index (χ3n) is 10.3. The Morgan fingerprint density at radius 3 is 2.48 bits per heavy atom. The summed E-state index contributed by atoms with van der Waals surface area (Å²) in [6.45, 7) is 5.83. The second-order valence-electron chi connectivity index (χ2n) is 11.5. The highest BCUT2D eigenvalue weighted by molar-refractivity contribution is 5.77. The molecule has 1 saturated heterocycles. The molecule has 1 amide bonds. The monoisotopic (exact) mass is 435 g/mol. The molecule has 0 aromatic carbocycles. The molecule has 31 heavy (non-hydrogen) atoms. The topological polar surface area (TPSA) is 98.1 Å². The first-order valence-electron chi connectivity index (χ1n) is 12.5. The lowest BCUT2D eigenvalue weighted by Gasteiger charge is -2.62. The van der Waals surface area contributed by atoms with Gasteiger partial charge in [0.15, 0.2) is 0 Å². The minimum absolute atomic E-state index is 0.164. The Hall–Kier alpha value is -1.14. The number of likely N-dealkylation sites (tertiary alicyclic amines) is 1. The van der Waals surface area contributed by atoms with E-state index in [9.17, 15) is 19.8 Å². The molecular formula is C25H41NO5. The van der Waals surface area contributed by atoms with E-state index < -0.39 is 12.6 Å². The number of fused-ring (bicyclic) bond motifs is 5. The van der Waals surface area contributed by atoms with Gasteiger partial charge in [-0.2, -0.15) is 0 Å². The van der Waals surface area contributed by atoms with Crippen LogP contribution >= 0.6 is 0 Å². The Labute approximate surface area is 186 Å². The average Bonchev–Trinajstić information content (AvgIpc) is 3.07. The minimum Gasteiger partial charge on any atom is -0.481 e. The highest BCUT2D eigenvalue weighted by Gasteiger charge is 2.62. The highest BCUT2D eigenvalue weighted by Crippen LogP contribution is 2.67. The number of carbonyl (C=O) groups is 2. The van der Waals surface area contributed by atoms with E-state index in [2.05, 4.69) is 13.8 Å². The molecule has 3 N–H and O–H groups in total. The summed E-state index contributed by atoms with van der Waals surface area (Å²) in [7, 11) is 0. The van der Waals surface area contributed by atoms with Gasteiger partial charge < -0.3 is 20.2 Å². The number of unbranched alkanes of at least 4 members (excludes halogenated alkanes) is 1. The Morgan fingerprint density at radius 2 is 1.77 bits per heavy atom. The lowest BCUT2D eigenvalue weighted by molar-refractivity contribution is -0.175. The number of hydrogen-bond acceptors (Lipinski definition) is 4. The van der Waals surface area contributed by atoms with Crippen molar-refractivity contribution in [2.45, 2.75) is 84.2 Å². The van der Waals surface area contributed by atoms with Crippen molar-refractivity contribution in [3.05, 3.63) is 0 Å². The third-order valence-corrected chi connectivity index (χ3v) is 10.3. The van der Waals surface area contributed by atoms with Crippen LogP contribution in [0, 0.1) is 40.4 Å². The molecular weight excluding hydrogens is 394 g/mol.